The van der Waals surface area contributed by atoms with Gasteiger partial charge in [-0.2, -0.15) is 0 Å². The van der Waals surface area contributed by atoms with Crippen LogP contribution in [0.2, 0.25) is 0 Å². The van der Waals surface area contributed by atoms with Gasteiger partial charge in [0.25, 0.3) is 5.69 Å². The van der Waals surface area contributed by atoms with E-state index in [4.69, 9.17) is 4.98 Å². The fraction of sp³-hybridized carbons (Fsp3) is 0.174. The van der Waals surface area contributed by atoms with Gasteiger partial charge in [0.2, 0.25) is 0 Å². The molecule has 2 aromatic carbocycles. The van der Waals surface area contributed by atoms with Gasteiger partial charge in [-0.1, -0.05) is 24.3 Å². The third kappa shape index (κ3) is 3.39. The molecule has 0 unspecified atom stereocenters. The molecule has 0 saturated carbocycles. The number of aromatic nitrogens is 1. The van der Waals surface area contributed by atoms with Gasteiger partial charge in [0.1, 0.15) is 0 Å². The zero-order chi connectivity index (χ0) is 19.8. The van der Waals surface area contributed by atoms with Crippen molar-refractivity contribution in [2.24, 2.45) is 0 Å². The second kappa shape index (κ2) is 7.14. The Bertz CT molecular complexity index is 1120. The average molecular weight is 384 g/mol. The van der Waals surface area contributed by atoms with Gasteiger partial charge in [-0.25, -0.2) is 0 Å². The second-order valence-electron chi connectivity index (χ2n) is 7.40. The third-order valence-corrected chi connectivity index (χ3v) is 5.48. The van der Waals surface area contributed by atoms with Crippen LogP contribution < -0.4 is 5.32 Å². The highest BCUT2D eigenvalue weighted by Gasteiger charge is 2.23. The molecule has 6 nitrogen and oxygen atoms in total. The van der Waals surface area contributed by atoms with Gasteiger partial charge >= 0.3 is 0 Å². The first-order valence-corrected chi connectivity index (χ1v) is 9.65. The summed E-state index contributed by atoms with van der Waals surface area (Å²) in [6.45, 7) is 2.95. The molecule has 1 aromatic heterocycles. The van der Waals surface area contributed by atoms with E-state index in [0.717, 1.165) is 42.3 Å². The van der Waals surface area contributed by atoms with Crippen molar-refractivity contribution in [1.29, 1.82) is 0 Å². The van der Waals surface area contributed by atoms with Crippen LogP contribution in [0, 0.1) is 10.1 Å². The lowest BCUT2D eigenvalue weighted by molar-refractivity contribution is -0.384. The van der Waals surface area contributed by atoms with Gasteiger partial charge in [-0.05, 0) is 52.6 Å². The Balaban J connectivity index is 1.64. The van der Waals surface area contributed by atoms with Crippen molar-refractivity contribution in [2.75, 3.05) is 0 Å². The number of fused-ring (bicyclic) bond motifs is 2. The number of nitrogens with one attached hydrogen (secondary N) is 1. The maximum Gasteiger partial charge on any atom is 0.269 e. The minimum Gasteiger partial charge on any atom is -0.361 e. The van der Waals surface area contributed by atoms with Gasteiger partial charge in [0, 0.05) is 37.5 Å². The van der Waals surface area contributed by atoms with Crippen molar-refractivity contribution in [3.63, 3.8) is 0 Å². The molecule has 0 fully saturated rings. The Morgan fingerprint density at radius 3 is 2.48 bits per heavy atom. The van der Waals surface area contributed by atoms with Gasteiger partial charge in [0.15, 0.2) is 0 Å². The summed E-state index contributed by atoms with van der Waals surface area (Å²) in [5, 5.41) is 14.6. The molecule has 3 aliphatic rings. The Kier molecular flexibility index (Phi) is 4.33. The fourth-order valence-electron chi connectivity index (χ4n) is 4.06. The molecule has 144 valence electrons. The predicted molar refractivity (Wildman–Crippen MR) is 111 cm³/mol. The van der Waals surface area contributed by atoms with Crippen molar-refractivity contribution >= 4 is 17.5 Å². The molecule has 0 atom stereocenters. The monoisotopic (exact) mass is 384 g/mol. The SMILES string of the molecule is O=[N+]([O-])c1ccc(C2=Cc3c4cccc3CN2Cc2cccc(n2)CNC4)cc1. The van der Waals surface area contributed by atoms with Crippen molar-refractivity contribution < 1.29 is 4.92 Å². The van der Waals surface area contributed by atoms with E-state index < -0.39 is 0 Å². The number of non-ortho nitro benzene ring substituents is 1. The van der Waals surface area contributed by atoms with Gasteiger partial charge in [0.05, 0.1) is 22.9 Å². The Morgan fingerprint density at radius 1 is 0.897 bits per heavy atom. The molecule has 6 heteroatoms. The molecule has 3 aromatic rings. The number of nitrogens with zero attached hydrogens (tertiary/aromatic N) is 3. The summed E-state index contributed by atoms with van der Waals surface area (Å²) < 4.78 is 0. The Morgan fingerprint density at radius 2 is 1.66 bits per heavy atom. The van der Waals surface area contributed by atoms with Crippen molar-refractivity contribution in [3.8, 4) is 0 Å². The molecular formula is C23H20N4O2. The van der Waals surface area contributed by atoms with Crippen LogP contribution in [0.5, 0.6) is 0 Å². The molecule has 3 aliphatic heterocycles. The minimum atomic E-state index is -0.364. The molecule has 0 aliphatic carbocycles. The maximum atomic E-state index is 11.0. The van der Waals surface area contributed by atoms with Crippen LogP contribution in [0.4, 0.5) is 5.69 Å². The molecule has 1 N–H and O–H groups in total. The zero-order valence-corrected chi connectivity index (χ0v) is 15.8. The summed E-state index contributed by atoms with van der Waals surface area (Å²) in [4.78, 5) is 17.8. The number of benzene rings is 2. The van der Waals surface area contributed by atoms with Crippen molar-refractivity contribution in [2.45, 2.75) is 26.2 Å². The normalized spacial score (nSPS) is 15.3. The Hall–Kier alpha value is -3.51. The summed E-state index contributed by atoms with van der Waals surface area (Å²) in [6.07, 6.45) is 2.21. The zero-order valence-electron chi connectivity index (χ0n) is 15.8. The highest BCUT2D eigenvalue weighted by atomic mass is 16.6. The van der Waals surface area contributed by atoms with E-state index in [2.05, 4.69) is 46.6 Å². The number of nitro benzene ring substituents is 1. The van der Waals surface area contributed by atoms with Crippen molar-refractivity contribution in [1.82, 2.24) is 15.2 Å². The van der Waals surface area contributed by atoms with Crippen LogP contribution in [-0.2, 0) is 26.2 Å². The van der Waals surface area contributed by atoms with E-state index in [1.807, 2.05) is 18.2 Å². The number of hydrogen-bond donors (Lipinski definition) is 1. The molecule has 6 rings (SSSR count). The largest absolute Gasteiger partial charge is 0.361 e. The van der Waals surface area contributed by atoms with Crippen LogP contribution in [0.3, 0.4) is 0 Å². The number of nitro groups is 1. The predicted octanol–water partition coefficient (Wildman–Crippen LogP) is 4.11. The molecule has 29 heavy (non-hydrogen) atoms. The lowest BCUT2D eigenvalue weighted by Gasteiger charge is -2.33. The lowest BCUT2D eigenvalue weighted by Crippen LogP contribution is -2.27. The van der Waals surface area contributed by atoms with E-state index in [1.165, 1.54) is 16.7 Å². The molecule has 6 bridgehead atoms. The topological polar surface area (TPSA) is 71.3 Å². The summed E-state index contributed by atoms with van der Waals surface area (Å²) >= 11 is 0. The fourth-order valence-corrected chi connectivity index (χ4v) is 4.06. The molecule has 4 heterocycles. The molecule has 0 saturated heterocycles. The quantitative estimate of drug-likeness (QED) is 0.532. The summed E-state index contributed by atoms with van der Waals surface area (Å²) in [6, 6.07) is 19.4. The van der Waals surface area contributed by atoms with Crippen LogP contribution in [-0.4, -0.2) is 14.8 Å². The number of rotatable bonds is 2. The average Bonchev–Trinajstić information content (AvgIpc) is 2.73. The van der Waals surface area contributed by atoms with E-state index in [1.54, 1.807) is 12.1 Å². The number of hydrogen-bond acceptors (Lipinski definition) is 5. The lowest BCUT2D eigenvalue weighted by atomic mass is 9.93. The maximum absolute atomic E-state index is 11.0. The standard InChI is InChI=1S/C23H20N4O2/c28-27(29)21-9-7-16(8-10-21)23-11-22-17-3-1-4-18(22)14-26(23)15-20-6-2-5-19(25-20)13-24-12-17/h1-11,24H,12-15H2. The van der Waals surface area contributed by atoms with Crippen molar-refractivity contribution in [3.05, 3.63) is 104 Å². The van der Waals surface area contributed by atoms with E-state index in [-0.39, 0.29) is 10.6 Å². The third-order valence-electron chi connectivity index (χ3n) is 5.48. The van der Waals surface area contributed by atoms with Crippen LogP contribution in [0.1, 0.15) is 33.6 Å². The van der Waals surface area contributed by atoms with Crippen LogP contribution in [0.15, 0.2) is 60.7 Å². The molecule has 0 radical (unpaired) electrons. The summed E-state index contributed by atoms with van der Waals surface area (Å²) in [5.74, 6) is 0. The first-order chi connectivity index (χ1) is 14.2. The van der Waals surface area contributed by atoms with E-state index >= 15 is 0 Å². The summed E-state index contributed by atoms with van der Waals surface area (Å²) in [5.41, 5.74) is 7.95. The molecular weight excluding hydrogens is 364 g/mol. The number of pyridine rings is 1. The molecule has 0 amide bonds. The van der Waals surface area contributed by atoms with E-state index in [0.29, 0.717) is 6.54 Å². The van der Waals surface area contributed by atoms with E-state index in [9.17, 15) is 10.1 Å². The highest BCUT2D eigenvalue weighted by molar-refractivity contribution is 5.84. The second-order valence-corrected chi connectivity index (χ2v) is 7.40. The van der Waals surface area contributed by atoms with Gasteiger partial charge in [-0.3, -0.25) is 15.1 Å². The minimum absolute atomic E-state index is 0.103. The molecule has 0 spiro atoms. The van der Waals surface area contributed by atoms with Crippen LogP contribution in [0.25, 0.3) is 11.8 Å². The van der Waals surface area contributed by atoms with Crippen LogP contribution >= 0.6 is 0 Å². The smallest absolute Gasteiger partial charge is 0.269 e. The van der Waals surface area contributed by atoms with Gasteiger partial charge in [-0.15, -0.1) is 0 Å². The highest BCUT2D eigenvalue weighted by Crippen LogP contribution is 2.34. The first-order valence-electron chi connectivity index (χ1n) is 9.65. The first kappa shape index (κ1) is 17.6. The Labute approximate surface area is 168 Å². The summed E-state index contributed by atoms with van der Waals surface area (Å²) in [7, 11) is 0. The van der Waals surface area contributed by atoms with Gasteiger partial charge < -0.3 is 10.2 Å².